The lowest BCUT2D eigenvalue weighted by atomic mass is 10.3. The zero-order valence-electron chi connectivity index (χ0n) is 17.1. The summed E-state index contributed by atoms with van der Waals surface area (Å²) in [5.41, 5.74) is 0.294. The molecule has 32 heavy (non-hydrogen) atoms. The maximum Gasteiger partial charge on any atom is 0.271 e. The van der Waals surface area contributed by atoms with Gasteiger partial charge < -0.3 is 23.8 Å². The lowest BCUT2D eigenvalue weighted by molar-refractivity contribution is -0.134. The number of nitrogens with zero attached hydrogens (tertiary/aromatic N) is 2. The Morgan fingerprint density at radius 3 is 2.44 bits per heavy atom. The van der Waals surface area contributed by atoms with E-state index in [9.17, 15) is 9.59 Å². The first kappa shape index (κ1) is 21.4. The minimum atomic E-state index is -0.305. The summed E-state index contributed by atoms with van der Waals surface area (Å²) >= 11 is 1.31. The first-order chi connectivity index (χ1) is 15.7. The van der Waals surface area contributed by atoms with Crippen molar-refractivity contribution >= 4 is 23.2 Å². The predicted molar refractivity (Wildman–Crippen MR) is 117 cm³/mol. The molecule has 0 fully saturated rings. The van der Waals surface area contributed by atoms with Gasteiger partial charge in [-0.15, -0.1) is 11.3 Å². The van der Waals surface area contributed by atoms with Crippen LogP contribution in [0.1, 0.15) is 27.0 Å². The van der Waals surface area contributed by atoms with Gasteiger partial charge in [0.1, 0.15) is 28.0 Å². The van der Waals surface area contributed by atoms with Crippen molar-refractivity contribution in [1.29, 1.82) is 0 Å². The number of aromatic nitrogens is 1. The average Bonchev–Trinajstić information content (AvgIpc) is 3.59. The SMILES string of the molecule is O=C(NCc1ccco1)c1csc(CN(Cc2ccco2)C(=O)COc2ccccc2)n1. The molecule has 1 N–H and O–H groups in total. The van der Waals surface area contributed by atoms with Crippen LogP contribution in [0.15, 0.2) is 81.3 Å². The van der Waals surface area contributed by atoms with Crippen molar-refractivity contribution < 1.29 is 23.2 Å². The van der Waals surface area contributed by atoms with Crippen LogP contribution < -0.4 is 10.1 Å². The number of hydrogen-bond donors (Lipinski definition) is 1. The van der Waals surface area contributed by atoms with E-state index < -0.39 is 0 Å². The number of furan rings is 2. The molecule has 0 radical (unpaired) electrons. The van der Waals surface area contributed by atoms with Gasteiger partial charge >= 0.3 is 0 Å². The van der Waals surface area contributed by atoms with Gasteiger partial charge in [0.05, 0.1) is 32.2 Å². The molecule has 0 spiro atoms. The second-order valence-electron chi connectivity index (χ2n) is 6.82. The van der Waals surface area contributed by atoms with E-state index >= 15 is 0 Å². The van der Waals surface area contributed by atoms with Crippen molar-refractivity contribution in [3.05, 3.63) is 94.7 Å². The molecule has 0 unspecified atom stereocenters. The number of amides is 2. The van der Waals surface area contributed by atoms with Gasteiger partial charge in [0.15, 0.2) is 6.61 Å². The number of hydrogen-bond acceptors (Lipinski definition) is 7. The smallest absolute Gasteiger partial charge is 0.271 e. The number of benzene rings is 1. The van der Waals surface area contributed by atoms with Crippen LogP contribution >= 0.6 is 11.3 Å². The molecule has 1 aromatic carbocycles. The molecule has 9 heteroatoms. The van der Waals surface area contributed by atoms with Crippen molar-refractivity contribution in [2.45, 2.75) is 19.6 Å². The summed E-state index contributed by atoms with van der Waals surface area (Å²) in [6.45, 7) is 0.655. The predicted octanol–water partition coefficient (Wildman–Crippen LogP) is 3.87. The number of carbonyl (C=O) groups excluding carboxylic acids is 2. The highest BCUT2D eigenvalue weighted by atomic mass is 32.1. The average molecular weight is 452 g/mol. The lowest BCUT2D eigenvalue weighted by Gasteiger charge is -2.20. The van der Waals surface area contributed by atoms with E-state index in [1.165, 1.54) is 11.3 Å². The number of para-hydroxylation sites is 1. The fraction of sp³-hybridized carbons (Fsp3) is 0.174. The van der Waals surface area contributed by atoms with Crippen molar-refractivity contribution in [2.75, 3.05) is 6.61 Å². The standard InChI is InChI=1S/C23H21N3O5S/c27-22(15-31-17-6-2-1-3-7-17)26(13-19-9-5-11-30-19)14-21-25-20(16-32-21)23(28)24-12-18-8-4-10-29-18/h1-11,16H,12-15H2,(H,24,28). The van der Waals surface area contributed by atoms with Gasteiger partial charge in [-0.2, -0.15) is 0 Å². The first-order valence-corrected chi connectivity index (χ1v) is 10.8. The molecular weight excluding hydrogens is 430 g/mol. The molecule has 0 aliphatic rings. The largest absolute Gasteiger partial charge is 0.484 e. The Morgan fingerprint density at radius 1 is 0.969 bits per heavy atom. The minimum Gasteiger partial charge on any atom is -0.484 e. The Balaban J connectivity index is 1.39. The van der Waals surface area contributed by atoms with E-state index in [0.717, 1.165) is 0 Å². The van der Waals surface area contributed by atoms with E-state index in [2.05, 4.69) is 10.3 Å². The third-order valence-corrected chi connectivity index (χ3v) is 5.33. The summed E-state index contributed by atoms with van der Waals surface area (Å²) in [5, 5.41) is 5.06. The van der Waals surface area contributed by atoms with Crippen molar-refractivity contribution in [3.8, 4) is 5.75 Å². The zero-order valence-corrected chi connectivity index (χ0v) is 17.9. The maximum absolute atomic E-state index is 12.9. The fourth-order valence-electron chi connectivity index (χ4n) is 2.90. The van der Waals surface area contributed by atoms with Crippen LogP contribution in [0.25, 0.3) is 0 Å². The molecule has 164 valence electrons. The summed E-state index contributed by atoms with van der Waals surface area (Å²) in [4.78, 5) is 31.2. The van der Waals surface area contributed by atoms with Gasteiger partial charge in [-0.3, -0.25) is 9.59 Å². The summed E-state index contributed by atoms with van der Waals surface area (Å²) in [6, 6.07) is 16.2. The number of thiazole rings is 1. The lowest BCUT2D eigenvalue weighted by Crippen LogP contribution is -2.34. The van der Waals surface area contributed by atoms with Crippen LogP contribution in [0.5, 0.6) is 5.75 Å². The summed E-state index contributed by atoms with van der Waals surface area (Å²) in [7, 11) is 0. The van der Waals surface area contributed by atoms with Crippen LogP contribution in [-0.4, -0.2) is 28.3 Å². The summed E-state index contributed by atoms with van der Waals surface area (Å²) in [6.07, 6.45) is 3.11. The number of nitrogens with one attached hydrogen (secondary N) is 1. The van der Waals surface area contributed by atoms with E-state index in [1.807, 2.05) is 18.2 Å². The molecule has 2 amide bonds. The third kappa shape index (κ3) is 5.86. The van der Waals surface area contributed by atoms with Gasteiger partial charge in [0.2, 0.25) is 0 Å². The van der Waals surface area contributed by atoms with Gasteiger partial charge in [-0.25, -0.2) is 4.98 Å². The molecule has 8 nitrogen and oxygen atoms in total. The van der Waals surface area contributed by atoms with E-state index in [-0.39, 0.29) is 38.1 Å². The first-order valence-electron chi connectivity index (χ1n) is 9.90. The fourth-order valence-corrected chi connectivity index (χ4v) is 3.69. The highest BCUT2D eigenvalue weighted by Crippen LogP contribution is 2.16. The van der Waals surface area contributed by atoms with E-state index in [1.54, 1.807) is 59.2 Å². The number of ether oxygens (including phenoxy) is 1. The molecule has 0 aliphatic heterocycles. The van der Waals surface area contributed by atoms with Crippen molar-refractivity contribution in [3.63, 3.8) is 0 Å². The highest BCUT2D eigenvalue weighted by Gasteiger charge is 2.19. The molecule has 0 atom stereocenters. The highest BCUT2D eigenvalue weighted by molar-refractivity contribution is 7.09. The quantitative estimate of drug-likeness (QED) is 0.393. The molecule has 4 rings (SSSR count). The number of carbonyl (C=O) groups is 2. The van der Waals surface area contributed by atoms with Crippen LogP contribution in [0.2, 0.25) is 0 Å². The topological polar surface area (TPSA) is 97.8 Å². The van der Waals surface area contributed by atoms with Gasteiger partial charge in [0.25, 0.3) is 11.8 Å². The second kappa shape index (κ2) is 10.5. The van der Waals surface area contributed by atoms with Gasteiger partial charge in [-0.1, -0.05) is 18.2 Å². The Bertz CT molecular complexity index is 1120. The Hall–Kier alpha value is -3.85. The third-order valence-electron chi connectivity index (χ3n) is 4.50. The zero-order chi connectivity index (χ0) is 22.2. The maximum atomic E-state index is 12.9. The Morgan fingerprint density at radius 2 is 1.72 bits per heavy atom. The molecule has 4 aromatic rings. The molecule has 3 heterocycles. The van der Waals surface area contributed by atoms with E-state index in [4.69, 9.17) is 13.6 Å². The Kier molecular flexibility index (Phi) is 6.98. The minimum absolute atomic E-state index is 0.118. The second-order valence-corrected chi connectivity index (χ2v) is 7.76. The van der Waals surface area contributed by atoms with Crippen molar-refractivity contribution in [2.24, 2.45) is 0 Å². The van der Waals surface area contributed by atoms with Gasteiger partial charge in [0, 0.05) is 5.38 Å². The molecule has 0 bridgehead atoms. The number of rotatable bonds is 10. The van der Waals surface area contributed by atoms with Crippen molar-refractivity contribution in [1.82, 2.24) is 15.2 Å². The van der Waals surface area contributed by atoms with Crippen LogP contribution in [-0.2, 0) is 24.4 Å². The molecule has 0 aliphatic carbocycles. The van der Waals surface area contributed by atoms with Crippen LogP contribution in [0.4, 0.5) is 0 Å². The Labute approximate surface area is 188 Å². The molecular formula is C23H21N3O5S. The molecule has 0 saturated carbocycles. The summed E-state index contributed by atoms with van der Waals surface area (Å²) in [5.74, 6) is 1.39. The normalized spacial score (nSPS) is 10.6. The molecule has 3 aromatic heterocycles. The van der Waals surface area contributed by atoms with E-state index in [0.29, 0.717) is 28.0 Å². The monoisotopic (exact) mass is 451 g/mol. The van der Waals surface area contributed by atoms with Crippen LogP contribution in [0, 0.1) is 0 Å². The summed E-state index contributed by atoms with van der Waals surface area (Å²) < 4.78 is 16.2. The van der Waals surface area contributed by atoms with Crippen LogP contribution in [0.3, 0.4) is 0 Å². The molecule has 0 saturated heterocycles. The van der Waals surface area contributed by atoms with Gasteiger partial charge in [-0.05, 0) is 36.4 Å².